The van der Waals surface area contributed by atoms with Gasteiger partial charge in [0, 0.05) is 12.6 Å². The number of hydrogen-bond donors (Lipinski definition) is 1. The van der Waals surface area contributed by atoms with Crippen LogP contribution in [0.15, 0.2) is 24.3 Å². The Bertz CT molecular complexity index is 518. The third-order valence-electron chi connectivity index (χ3n) is 4.05. The van der Waals surface area contributed by atoms with E-state index < -0.39 is 0 Å². The molecule has 3 rings (SSSR count). The van der Waals surface area contributed by atoms with Crippen molar-refractivity contribution in [3.8, 4) is 0 Å². The average Bonchev–Trinajstić information content (AvgIpc) is 2.83. The van der Waals surface area contributed by atoms with Gasteiger partial charge in [-0.3, -0.25) is 4.90 Å². The number of para-hydroxylation sites is 1. The van der Waals surface area contributed by atoms with Gasteiger partial charge >= 0.3 is 0 Å². The number of thiazole rings is 1. The van der Waals surface area contributed by atoms with E-state index in [0.29, 0.717) is 6.04 Å². The molecule has 1 saturated heterocycles. The zero-order valence-electron chi connectivity index (χ0n) is 11.4. The zero-order valence-corrected chi connectivity index (χ0v) is 12.2. The van der Waals surface area contributed by atoms with Crippen LogP contribution in [-0.4, -0.2) is 29.0 Å². The molecule has 0 aliphatic carbocycles. The summed E-state index contributed by atoms with van der Waals surface area (Å²) in [5, 5.41) is 1.22. The number of piperidine rings is 1. The smallest absolute Gasteiger partial charge is 0.108 e. The quantitative estimate of drug-likeness (QED) is 0.936. The Hall–Kier alpha value is -0.970. The van der Waals surface area contributed by atoms with Crippen molar-refractivity contribution in [3.05, 3.63) is 29.3 Å². The summed E-state index contributed by atoms with van der Waals surface area (Å²) in [7, 11) is 0. The molecular formula is C15H21N3S. The first-order valence-corrected chi connectivity index (χ1v) is 7.86. The highest BCUT2D eigenvalue weighted by atomic mass is 32.1. The van der Waals surface area contributed by atoms with Gasteiger partial charge in [-0.15, -0.1) is 11.3 Å². The molecule has 1 aliphatic heterocycles. The van der Waals surface area contributed by atoms with Crippen molar-refractivity contribution in [1.29, 1.82) is 0 Å². The standard InChI is InChI=1S/C15H21N3S/c1-11-6-7-18(12(8-11)9-16)10-15-17-13-4-2-3-5-14(13)19-15/h2-5,11-12H,6-10,16H2,1H3. The topological polar surface area (TPSA) is 42.2 Å². The second-order valence-electron chi connectivity index (χ2n) is 5.56. The maximum atomic E-state index is 5.93. The summed E-state index contributed by atoms with van der Waals surface area (Å²) >= 11 is 1.81. The molecule has 4 heteroatoms. The van der Waals surface area contributed by atoms with E-state index in [9.17, 15) is 0 Å². The van der Waals surface area contributed by atoms with E-state index in [4.69, 9.17) is 10.7 Å². The lowest BCUT2D eigenvalue weighted by Crippen LogP contribution is -2.45. The molecule has 1 aliphatic rings. The van der Waals surface area contributed by atoms with Crippen molar-refractivity contribution in [1.82, 2.24) is 9.88 Å². The van der Waals surface area contributed by atoms with Crippen LogP contribution in [0.25, 0.3) is 10.2 Å². The van der Waals surface area contributed by atoms with E-state index in [2.05, 4.69) is 36.1 Å². The number of fused-ring (bicyclic) bond motifs is 1. The van der Waals surface area contributed by atoms with Crippen molar-refractivity contribution in [2.24, 2.45) is 11.7 Å². The molecular weight excluding hydrogens is 254 g/mol. The lowest BCUT2D eigenvalue weighted by atomic mass is 9.92. The van der Waals surface area contributed by atoms with Crippen molar-refractivity contribution < 1.29 is 0 Å². The van der Waals surface area contributed by atoms with E-state index in [1.54, 1.807) is 0 Å². The van der Waals surface area contributed by atoms with E-state index in [1.807, 2.05) is 11.3 Å². The van der Waals surface area contributed by atoms with E-state index >= 15 is 0 Å². The number of nitrogens with zero attached hydrogens (tertiary/aromatic N) is 2. The Labute approximate surface area is 118 Å². The van der Waals surface area contributed by atoms with Crippen LogP contribution in [0.5, 0.6) is 0 Å². The molecule has 2 unspecified atom stereocenters. The number of nitrogens with two attached hydrogens (primary N) is 1. The number of hydrogen-bond acceptors (Lipinski definition) is 4. The first-order valence-electron chi connectivity index (χ1n) is 7.05. The van der Waals surface area contributed by atoms with Gasteiger partial charge in [0.2, 0.25) is 0 Å². The second-order valence-corrected chi connectivity index (χ2v) is 6.68. The fourth-order valence-corrected chi connectivity index (χ4v) is 3.91. The van der Waals surface area contributed by atoms with Gasteiger partial charge < -0.3 is 5.73 Å². The SMILES string of the molecule is CC1CCN(Cc2nc3ccccc3s2)C(CN)C1. The number of aromatic nitrogens is 1. The monoisotopic (exact) mass is 275 g/mol. The number of rotatable bonds is 3. The molecule has 0 saturated carbocycles. The van der Waals surface area contributed by atoms with E-state index in [1.165, 1.54) is 22.5 Å². The molecule has 0 radical (unpaired) electrons. The van der Waals surface area contributed by atoms with Crippen LogP contribution in [0.4, 0.5) is 0 Å². The maximum absolute atomic E-state index is 5.93. The van der Waals surface area contributed by atoms with Gasteiger partial charge in [0.25, 0.3) is 0 Å². The van der Waals surface area contributed by atoms with Gasteiger partial charge in [0.05, 0.1) is 16.8 Å². The van der Waals surface area contributed by atoms with Crippen molar-refractivity contribution in [3.63, 3.8) is 0 Å². The van der Waals surface area contributed by atoms with Crippen LogP contribution in [0.3, 0.4) is 0 Å². The molecule has 0 spiro atoms. The molecule has 2 N–H and O–H groups in total. The highest BCUT2D eigenvalue weighted by Gasteiger charge is 2.25. The minimum absolute atomic E-state index is 0.524. The Morgan fingerprint density at radius 3 is 3.05 bits per heavy atom. The van der Waals surface area contributed by atoms with Gasteiger partial charge in [-0.05, 0) is 37.4 Å². The molecule has 1 fully saturated rings. The Morgan fingerprint density at radius 2 is 2.26 bits per heavy atom. The highest BCUT2D eigenvalue weighted by Crippen LogP contribution is 2.27. The van der Waals surface area contributed by atoms with Gasteiger partial charge in [-0.25, -0.2) is 4.98 Å². The van der Waals surface area contributed by atoms with Crippen molar-refractivity contribution >= 4 is 21.6 Å². The summed E-state index contributed by atoms with van der Waals surface area (Å²) in [5.41, 5.74) is 7.05. The Morgan fingerprint density at radius 1 is 1.42 bits per heavy atom. The fourth-order valence-electron chi connectivity index (χ4n) is 2.91. The highest BCUT2D eigenvalue weighted by molar-refractivity contribution is 7.18. The minimum Gasteiger partial charge on any atom is -0.329 e. The maximum Gasteiger partial charge on any atom is 0.108 e. The van der Waals surface area contributed by atoms with Crippen LogP contribution >= 0.6 is 11.3 Å². The summed E-state index contributed by atoms with van der Waals surface area (Å²) < 4.78 is 1.28. The molecule has 19 heavy (non-hydrogen) atoms. The van der Waals surface area contributed by atoms with Crippen LogP contribution < -0.4 is 5.73 Å². The molecule has 102 valence electrons. The first kappa shape index (κ1) is 13.0. The molecule has 0 bridgehead atoms. The molecule has 1 aromatic carbocycles. The third-order valence-corrected chi connectivity index (χ3v) is 5.07. The zero-order chi connectivity index (χ0) is 13.2. The molecule has 2 heterocycles. The predicted octanol–water partition coefficient (Wildman–Crippen LogP) is 2.86. The van der Waals surface area contributed by atoms with E-state index in [0.717, 1.165) is 31.1 Å². The number of likely N-dealkylation sites (tertiary alicyclic amines) is 1. The lowest BCUT2D eigenvalue weighted by Gasteiger charge is -2.37. The molecule has 2 atom stereocenters. The van der Waals surface area contributed by atoms with Crippen molar-refractivity contribution in [2.45, 2.75) is 32.4 Å². The van der Waals surface area contributed by atoms with E-state index in [-0.39, 0.29) is 0 Å². The number of benzene rings is 1. The third kappa shape index (κ3) is 2.81. The van der Waals surface area contributed by atoms with Gasteiger partial charge in [-0.2, -0.15) is 0 Å². The minimum atomic E-state index is 0.524. The van der Waals surface area contributed by atoms with Gasteiger partial charge in [0.1, 0.15) is 5.01 Å². The molecule has 3 nitrogen and oxygen atoms in total. The molecule has 0 amide bonds. The van der Waals surface area contributed by atoms with Crippen LogP contribution in [-0.2, 0) is 6.54 Å². The van der Waals surface area contributed by atoms with Gasteiger partial charge in [0.15, 0.2) is 0 Å². The second kappa shape index (κ2) is 5.57. The summed E-state index contributed by atoms with van der Waals surface area (Å²) in [6.45, 7) is 5.19. The molecule has 2 aromatic rings. The van der Waals surface area contributed by atoms with Crippen LogP contribution in [0.2, 0.25) is 0 Å². The summed E-state index contributed by atoms with van der Waals surface area (Å²) in [6.07, 6.45) is 2.50. The average molecular weight is 275 g/mol. The fraction of sp³-hybridized carbons (Fsp3) is 0.533. The Balaban J connectivity index is 1.76. The summed E-state index contributed by atoms with van der Waals surface area (Å²) in [6, 6.07) is 8.89. The summed E-state index contributed by atoms with van der Waals surface area (Å²) in [4.78, 5) is 7.24. The van der Waals surface area contributed by atoms with Crippen molar-refractivity contribution in [2.75, 3.05) is 13.1 Å². The Kier molecular flexibility index (Phi) is 3.82. The molecule has 1 aromatic heterocycles. The lowest BCUT2D eigenvalue weighted by molar-refractivity contribution is 0.115. The summed E-state index contributed by atoms with van der Waals surface area (Å²) in [5.74, 6) is 0.806. The normalized spacial score (nSPS) is 24.9. The largest absolute Gasteiger partial charge is 0.329 e. The predicted molar refractivity (Wildman–Crippen MR) is 81.3 cm³/mol. The van der Waals surface area contributed by atoms with Gasteiger partial charge in [-0.1, -0.05) is 19.1 Å². The van der Waals surface area contributed by atoms with Crippen LogP contribution in [0, 0.1) is 5.92 Å². The van der Waals surface area contributed by atoms with Crippen LogP contribution in [0.1, 0.15) is 24.8 Å². The first-order chi connectivity index (χ1) is 9.26.